The van der Waals surface area contributed by atoms with Crippen LogP contribution >= 0.6 is 23.4 Å². The molecular weight excluding hydrogens is 354 g/mol. The van der Waals surface area contributed by atoms with Gasteiger partial charge in [-0.05, 0) is 44.7 Å². The first-order valence-corrected chi connectivity index (χ1v) is 9.74. The van der Waals surface area contributed by atoms with Crippen molar-refractivity contribution < 1.29 is 0 Å². The highest BCUT2D eigenvalue weighted by atomic mass is 35.5. The van der Waals surface area contributed by atoms with Crippen molar-refractivity contribution in [3.8, 4) is 0 Å². The van der Waals surface area contributed by atoms with Crippen molar-refractivity contribution in [1.29, 1.82) is 0 Å². The predicted molar refractivity (Wildman–Crippen MR) is 109 cm³/mol. The summed E-state index contributed by atoms with van der Waals surface area (Å²) in [5.41, 5.74) is 1.61. The maximum absolute atomic E-state index is 12.6. The Hall–Kier alpha value is -1.85. The fraction of sp³-hybridized carbons (Fsp3) is 0.316. The van der Waals surface area contributed by atoms with E-state index in [1.165, 1.54) is 4.68 Å². The third-order valence-electron chi connectivity index (χ3n) is 3.85. The molecule has 0 aliphatic carbocycles. The minimum absolute atomic E-state index is 0.101. The SMILES string of the molecule is C/C=c1/c(CC)nn(C/C=N/c2cc(Cl)ccc2SC)c(=O)/c1=C/C. The van der Waals surface area contributed by atoms with Gasteiger partial charge in [0.25, 0.3) is 5.56 Å². The molecule has 0 aliphatic rings. The van der Waals surface area contributed by atoms with Crippen LogP contribution in [0.5, 0.6) is 0 Å². The van der Waals surface area contributed by atoms with Crippen molar-refractivity contribution in [2.75, 3.05) is 6.26 Å². The molecule has 1 heterocycles. The van der Waals surface area contributed by atoms with E-state index >= 15 is 0 Å². The minimum atomic E-state index is -0.101. The first-order chi connectivity index (χ1) is 12.0. The Morgan fingerprint density at radius 3 is 2.60 bits per heavy atom. The van der Waals surface area contributed by atoms with Gasteiger partial charge in [0.05, 0.1) is 17.9 Å². The van der Waals surface area contributed by atoms with E-state index in [-0.39, 0.29) is 5.56 Å². The van der Waals surface area contributed by atoms with E-state index in [0.29, 0.717) is 16.8 Å². The minimum Gasteiger partial charge on any atom is -0.267 e. The van der Waals surface area contributed by atoms with Gasteiger partial charge in [-0.2, -0.15) is 5.10 Å². The number of hydrogen-bond donors (Lipinski definition) is 0. The molecule has 0 atom stereocenters. The molecule has 2 rings (SSSR count). The van der Waals surface area contributed by atoms with Crippen LogP contribution < -0.4 is 16.0 Å². The Morgan fingerprint density at radius 2 is 2.00 bits per heavy atom. The quantitative estimate of drug-likeness (QED) is 0.595. The lowest BCUT2D eigenvalue weighted by atomic mass is 10.2. The summed E-state index contributed by atoms with van der Waals surface area (Å²) in [6.45, 7) is 6.15. The number of aromatic nitrogens is 2. The average molecular weight is 376 g/mol. The maximum atomic E-state index is 12.6. The summed E-state index contributed by atoms with van der Waals surface area (Å²) in [4.78, 5) is 18.1. The van der Waals surface area contributed by atoms with Crippen molar-refractivity contribution in [3.63, 3.8) is 0 Å². The Bertz CT molecular complexity index is 964. The number of thioether (sulfide) groups is 1. The lowest BCUT2D eigenvalue weighted by molar-refractivity contribution is 0.643. The van der Waals surface area contributed by atoms with E-state index < -0.39 is 0 Å². The Balaban J connectivity index is 2.43. The van der Waals surface area contributed by atoms with Crippen molar-refractivity contribution >= 4 is 47.4 Å². The summed E-state index contributed by atoms with van der Waals surface area (Å²) in [7, 11) is 0. The molecule has 0 aliphatic heterocycles. The molecule has 25 heavy (non-hydrogen) atoms. The fourth-order valence-electron chi connectivity index (χ4n) is 2.62. The highest BCUT2D eigenvalue weighted by molar-refractivity contribution is 7.98. The molecule has 0 spiro atoms. The molecule has 0 bridgehead atoms. The predicted octanol–water partition coefficient (Wildman–Crippen LogP) is 3.18. The van der Waals surface area contributed by atoms with Crippen molar-refractivity contribution in [2.24, 2.45) is 4.99 Å². The zero-order chi connectivity index (χ0) is 18.4. The Labute approximate surface area is 156 Å². The second-order valence-electron chi connectivity index (χ2n) is 5.32. The third kappa shape index (κ3) is 4.41. The van der Waals surface area contributed by atoms with Crippen LogP contribution in [0.15, 0.2) is 32.9 Å². The number of hydrogen-bond acceptors (Lipinski definition) is 4. The first-order valence-electron chi connectivity index (χ1n) is 8.14. The lowest BCUT2D eigenvalue weighted by Crippen LogP contribution is -2.48. The van der Waals surface area contributed by atoms with E-state index in [1.54, 1.807) is 18.0 Å². The van der Waals surface area contributed by atoms with Gasteiger partial charge < -0.3 is 0 Å². The van der Waals surface area contributed by atoms with Gasteiger partial charge >= 0.3 is 0 Å². The molecule has 0 saturated heterocycles. The number of nitrogens with zero attached hydrogens (tertiary/aromatic N) is 3. The second kappa shape index (κ2) is 9.02. The van der Waals surface area contributed by atoms with Gasteiger partial charge in [-0.3, -0.25) is 9.79 Å². The number of aryl methyl sites for hydroxylation is 1. The van der Waals surface area contributed by atoms with Gasteiger partial charge in [0.2, 0.25) is 0 Å². The van der Waals surface area contributed by atoms with E-state index in [1.807, 2.05) is 57.4 Å². The molecule has 0 fully saturated rings. The maximum Gasteiger partial charge on any atom is 0.274 e. The van der Waals surface area contributed by atoms with Gasteiger partial charge in [-0.15, -0.1) is 11.8 Å². The lowest BCUT2D eigenvalue weighted by Gasteiger charge is -2.06. The number of benzene rings is 1. The van der Waals surface area contributed by atoms with E-state index in [2.05, 4.69) is 10.1 Å². The summed E-state index contributed by atoms with van der Waals surface area (Å²) in [5.74, 6) is 0. The van der Waals surface area contributed by atoms with Crippen LogP contribution in [0.3, 0.4) is 0 Å². The van der Waals surface area contributed by atoms with Crippen LogP contribution in [0.25, 0.3) is 12.2 Å². The summed E-state index contributed by atoms with van der Waals surface area (Å²) in [6, 6.07) is 5.60. The van der Waals surface area contributed by atoms with Crippen LogP contribution in [0, 0.1) is 0 Å². The van der Waals surface area contributed by atoms with Gasteiger partial charge in [0.1, 0.15) is 0 Å². The highest BCUT2D eigenvalue weighted by Gasteiger charge is 2.05. The molecule has 6 heteroatoms. The normalized spacial score (nSPS) is 13.2. The van der Waals surface area contributed by atoms with E-state index in [0.717, 1.165) is 27.9 Å². The van der Waals surface area contributed by atoms with Gasteiger partial charge in [-0.1, -0.05) is 30.7 Å². The van der Waals surface area contributed by atoms with Crippen molar-refractivity contribution in [3.05, 3.63) is 49.7 Å². The molecule has 0 N–H and O–H groups in total. The molecule has 0 saturated carbocycles. The van der Waals surface area contributed by atoms with Crippen molar-refractivity contribution in [2.45, 2.75) is 38.6 Å². The van der Waals surface area contributed by atoms with Crippen LogP contribution in [0.1, 0.15) is 26.5 Å². The van der Waals surface area contributed by atoms with Crippen LogP contribution in [0.2, 0.25) is 5.02 Å². The summed E-state index contributed by atoms with van der Waals surface area (Å²) >= 11 is 7.65. The summed E-state index contributed by atoms with van der Waals surface area (Å²) in [5, 5.41) is 6.74. The molecule has 2 aromatic rings. The smallest absolute Gasteiger partial charge is 0.267 e. The average Bonchev–Trinajstić information content (AvgIpc) is 2.62. The van der Waals surface area contributed by atoms with Gasteiger partial charge in [0.15, 0.2) is 0 Å². The number of rotatable bonds is 5. The molecule has 0 amide bonds. The molecule has 1 aromatic heterocycles. The highest BCUT2D eigenvalue weighted by Crippen LogP contribution is 2.30. The first kappa shape index (κ1) is 19.5. The largest absolute Gasteiger partial charge is 0.274 e. The number of aliphatic imine (C=N–C) groups is 1. The summed E-state index contributed by atoms with van der Waals surface area (Å²) in [6.07, 6.45) is 8.24. The molecule has 4 nitrogen and oxygen atoms in total. The molecule has 0 radical (unpaired) electrons. The second-order valence-corrected chi connectivity index (χ2v) is 6.60. The van der Waals surface area contributed by atoms with Crippen LogP contribution in [-0.4, -0.2) is 22.3 Å². The molecular formula is C19H22ClN3OS. The fourth-order valence-corrected chi connectivity index (χ4v) is 3.31. The van der Waals surface area contributed by atoms with Crippen molar-refractivity contribution in [1.82, 2.24) is 9.78 Å². The monoisotopic (exact) mass is 375 g/mol. The zero-order valence-electron chi connectivity index (χ0n) is 14.9. The third-order valence-corrected chi connectivity index (χ3v) is 4.87. The molecule has 0 unspecified atom stereocenters. The van der Waals surface area contributed by atoms with E-state index in [9.17, 15) is 4.79 Å². The van der Waals surface area contributed by atoms with E-state index in [4.69, 9.17) is 11.6 Å². The standard InChI is InChI=1S/C19H22ClN3OS/c1-5-14-15(6-2)19(24)23(22-16(14)7-3)11-10-21-17-12-13(20)8-9-18(17)25-4/h5-6,8-10,12H,7,11H2,1-4H3/b14-5+,15-6+,21-10+. The Kier molecular flexibility index (Phi) is 7.02. The molecule has 132 valence electrons. The Morgan fingerprint density at radius 1 is 1.28 bits per heavy atom. The zero-order valence-corrected chi connectivity index (χ0v) is 16.5. The van der Waals surface area contributed by atoms with Crippen LogP contribution in [0.4, 0.5) is 5.69 Å². The topological polar surface area (TPSA) is 47.2 Å². The van der Waals surface area contributed by atoms with Crippen LogP contribution in [-0.2, 0) is 13.0 Å². The van der Waals surface area contributed by atoms with Gasteiger partial charge in [-0.25, -0.2) is 4.68 Å². The summed E-state index contributed by atoms with van der Waals surface area (Å²) < 4.78 is 1.47. The number of halogens is 1. The molecule has 1 aromatic carbocycles. The van der Waals surface area contributed by atoms with Gasteiger partial charge in [0, 0.05) is 26.6 Å².